The van der Waals surface area contributed by atoms with Gasteiger partial charge in [0.15, 0.2) is 5.82 Å². The van der Waals surface area contributed by atoms with Crippen molar-refractivity contribution in [2.75, 3.05) is 0 Å². The number of hydrogen-bond donors (Lipinski definition) is 1. The number of aryl methyl sites for hydroxylation is 2. The number of rotatable bonds is 3. The molecule has 3 rings (SSSR count). The lowest BCUT2D eigenvalue weighted by molar-refractivity contribution is 0.753. The zero-order chi connectivity index (χ0) is 13.2. The smallest absolute Gasteiger partial charge is 0.178 e. The molecule has 0 radical (unpaired) electrons. The van der Waals surface area contributed by atoms with Crippen LogP contribution < -0.4 is 5.32 Å². The van der Waals surface area contributed by atoms with Crippen molar-refractivity contribution >= 4 is 0 Å². The molecule has 0 atom stereocenters. The molecule has 2 aromatic rings. The summed E-state index contributed by atoms with van der Waals surface area (Å²) in [5, 5.41) is 3.35. The van der Waals surface area contributed by atoms with E-state index < -0.39 is 0 Å². The van der Waals surface area contributed by atoms with Crippen molar-refractivity contribution in [1.29, 1.82) is 0 Å². The number of aromatic nitrogens is 3. The standard InChI is InChI=1S/C15H18N4/c1-3-5-12-11-8-16-9-14(11)19-15(18-12)13-7-4-6-10(2)17-13/h4,6-7,16H,3,5,8-9H2,1-2H3. The quantitative estimate of drug-likeness (QED) is 0.913. The predicted octanol–water partition coefficient (Wildman–Crippen LogP) is 2.40. The molecular weight excluding hydrogens is 236 g/mol. The van der Waals surface area contributed by atoms with Crippen LogP contribution in [0, 0.1) is 6.92 Å². The molecule has 98 valence electrons. The first-order valence-corrected chi connectivity index (χ1v) is 6.81. The lowest BCUT2D eigenvalue weighted by Crippen LogP contribution is -2.04. The Hall–Kier alpha value is -1.81. The first-order valence-electron chi connectivity index (χ1n) is 6.81. The van der Waals surface area contributed by atoms with Crippen LogP contribution in [-0.2, 0) is 19.5 Å². The third-order valence-corrected chi connectivity index (χ3v) is 3.38. The van der Waals surface area contributed by atoms with Gasteiger partial charge in [-0.1, -0.05) is 19.4 Å². The van der Waals surface area contributed by atoms with E-state index in [1.54, 1.807) is 0 Å². The highest BCUT2D eigenvalue weighted by atomic mass is 15.0. The molecule has 1 N–H and O–H groups in total. The van der Waals surface area contributed by atoms with Crippen LogP contribution in [0.25, 0.3) is 11.5 Å². The van der Waals surface area contributed by atoms with Crippen LogP contribution in [-0.4, -0.2) is 15.0 Å². The summed E-state index contributed by atoms with van der Waals surface area (Å²) in [4.78, 5) is 13.9. The van der Waals surface area contributed by atoms with E-state index >= 15 is 0 Å². The highest BCUT2D eigenvalue weighted by Crippen LogP contribution is 2.22. The lowest BCUT2D eigenvalue weighted by Gasteiger charge is -2.08. The average Bonchev–Trinajstić information content (AvgIpc) is 2.87. The van der Waals surface area contributed by atoms with Gasteiger partial charge in [0, 0.05) is 30.0 Å². The second-order valence-corrected chi connectivity index (χ2v) is 4.94. The Morgan fingerprint density at radius 2 is 2.05 bits per heavy atom. The van der Waals surface area contributed by atoms with Crippen LogP contribution in [0.15, 0.2) is 18.2 Å². The number of nitrogens with zero attached hydrogens (tertiary/aromatic N) is 3. The van der Waals surface area contributed by atoms with Gasteiger partial charge in [0.1, 0.15) is 5.69 Å². The van der Waals surface area contributed by atoms with E-state index in [0.29, 0.717) is 0 Å². The molecule has 2 aromatic heterocycles. The SMILES string of the molecule is CCCc1nc(-c2cccc(C)n2)nc2c1CNC2. The zero-order valence-electron chi connectivity index (χ0n) is 11.4. The van der Waals surface area contributed by atoms with E-state index in [1.165, 1.54) is 11.3 Å². The van der Waals surface area contributed by atoms with Gasteiger partial charge in [-0.3, -0.25) is 0 Å². The molecule has 0 aliphatic carbocycles. The maximum Gasteiger partial charge on any atom is 0.178 e. The summed E-state index contributed by atoms with van der Waals surface area (Å²) in [6, 6.07) is 5.98. The minimum Gasteiger partial charge on any atom is -0.307 e. The van der Waals surface area contributed by atoms with E-state index in [4.69, 9.17) is 4.98 Å². The topological polar surface area (TPSA) is 50.7 Å². The van der Waals surface area contributed by atoms with Gasteiger partial charge in [0.05, 0.1) is 5.69 Å². The summed E-state index contributed by atoms with van der Waals surface area (Å²) in [5.74, 6) is 0.759. The average molecular weight is 254 g/mol. The second-order valence-electron chi connectivity index (χ2n) is 4.94. The first kappa shape index (κ1) is 12.2. The molecule has 4 nitrogen and oxygen atoms in total. The van der Waals surface area contributed by atoms with E-state index in [0.717, 1.165) is 48.8 Å². The van der Waals surface area contributed by atoms with Crippen LogP contribution in [0.3, 0.4) is 0 Å². The van der Waals surface area contributed by atoms with Crippen molar-refractivity contribution in [3.05, 3.63) is 40.8 Å². The van der Waals surface area contributed by atoms with E-state index in [1.807, 2.05) is 25.1 Å². The van der Waals surface area contributed by atoms with Crippen LogP contribution in [0.2, 0.25) is 0 Å². The molecule has 0 saturated heterocycles. The van der Waals surface area contributed by atoms with Crippen molar-refractivity contribution < 1.29 is 0 Å². The number of pyridine rings is 1. The van der Waals surface area contributed by atoms with Crippen molar-refractivity contribution in [1.82, 2.24) is 20.3 Å². The van der Waals surface area contributed by atoms with Gasteiger partial charge in [-0.2, -0.15) is 0 Å². The minimum absolute atomic E-state index is 0.759. The van der Waals surface area contributed by atoms with Gasteiger partial charge in [-0.05, 0) is 25.5 Å². The lowest BCUT2D eigenvalue weighted by atomic mass is 10.1. The van der Waals surface area contributed by atoms with Gasteiger partial charge >= 0.3 is 0 Å². The Balaban J connectivity index is 2.10. The van der Waals surface area contributed by atoms with Crippen molar-refractivity contribution in [3.8, 4) is 11.5 Å². The molecule has 1 aliphatic heterocycles. The van der Waals surface area contributed by atoms with Gasteiger partial charge < -0.3 is 5.32 Å². The molecule has 1 aliphatic rings. The monoisotopic (exact) mass is 254 g/mol. The number of fused-ring (bicyclic) bond motifs is 1. The molecule has 4 heteroatoms. The fourth-order valence-corrected chi connectivity index (χ4v) is 2.46. The fourth-order valence-electron chi connectivity index (χ4n) is 2.46. The second kappa shape index (κ2) is 5.05. The zero-order valence-corrected chi connectivity index (χ0v) is 11.4. The van der Waals surface area contributed by atoms with Crippen LogP contribution in [0.1, 0.15) is 36.0 Å². The predicted molar refractivity (Wildman–Crippen MR) is 74.5 cm³/mol. The molecule has 19 heavy (non-hydrogen) atoms. The Morgan fingerprint density at radius 1 is 1.16 bits per heavy atom. The Morgan fingerprint density at radius 3 is 2.84 bits per heavy atom. The highest BCUT2D eigenvalue weighted by Gasteiger charge is 2.19. The molecule has 0 fully saturated rings. The van der Waals surface area contributed by atoms with Gasteiger partial charge in [0.25, 0.3) is 0 Å². The summed E-state index contributed by atoms with van der Waals surface area (Å²) < 4.78 is 0. The molecule has 0 saturated carbocycles. The van der Waals surface area contributed by atoms with Crippen molar-refractivity contribution in [2.45, 2.75) is 39.8 Å². The molecule has 0 aromatic carbocycles. The minimum atomic E-state index is 0.759. The molecule has 0 spiro atoms. The summed E-state index contributed by atoms with van der Waals surface area (Å²) in [6.07, 6.45) is 2.11. The summed E-state index contributed by atoms with van der Waals surface area (Å²) >= 11 is 0. The van der Waals surface area contributed by atoms with Gasteiger partial charge in [-0.15, -0.1) is 0 Å². The molecule has 3 heterocycles. The first-order chi connectivity index (χ1) is 9.28. The summed E-state index contributed by atoms with van der Waals surface area (Å²) in [5.41, 5.74) is 5.47. The van der Waals surface area contributed by atoms with E-state index in [2.05, 4.69) is 22.2 Å². The third kappa shape index (κ3) is 2.36. The largest absolute Gasteiger partial charge is 0.307 e. The van der Waals surface area contributed by atoms with Gasteiger partial charge in [0.2, 0.25) is 0 Å². The van der Waals surface area contributed by atoms with Crippen LogP contribution >= 0.6 is 0 Å². The van der Waals surface area contributed by atoms with Crippen molar-refractivity contribution in [3.63, 3.8) is 0 Å². The van der Waals surface area contributed by atoms with E-state index in [9.17, 15) is 0 Å². The normalized spacial score (nSPS) is 13.6. The Bertz CT molecular complexity index is 607. The Labute approximate surface area is 113 Å². The fraction of sp³-hybridized carbons (Fsp3) is 0.400. The van der Waals surface area contributed by atoms with Crippen LogP contribution in [0.4, 0.5) is 0 Å². The highest BCUT2D eigenvalue weighted by molar-refractivity contribution is 5.51. The number of hydrogen-bond acceptors (Lipinski definition) is 4. The summed E-state index contributed by atoms with van der Waals surface area (Å²) in [6.45, 7) is 5.91. The van der Waals surface area contributed by atoms with E-state index in [-0.39, 0.29) is 0 Å². The molecule has 0 unspecified atom stereocenters. The third-order valence-electron chi connectivity index (χ3n) is 3.38. The molecule has 0 bridgehead atoms. The maximum atomic E-state index is 4.73. The Kier molecular flexibility index (Phi) is 3.25. The van der Waals surface area contributed by atoms with Gasteiger partial charge in [-0.25, -0.2) is 15.0 Å². The maximum absolute atomic E-state index is 4.73. The molecular formula is C15H18N4. The summed E-state index contributed by atoms with van der Waals surface area (Å²) in [7, 11) is 0. The van der Waals surface area contributed by atoms with Crippen molar-refractivity contribution in [2.24, 2.45) is 0 Å². The number of nitrogens with one attached hydrogen (secondary N) is 1. The molecule has 0 amide bonds. The van der Waals surface area contributed by atoms with Crippen LogP contribution in [0.5, 0.6) is 0 Å².